The molecule has 6 nitrogen and oxygen atoms in total. The van der Waals surface area contributed by atoms with Crippen molar-refractivity contribution in [1.29, 1.82) is 0 Å². The second-order valence-electron chi connectivity index (χ2n) is 8.61. The summed E-state index contributed by atoms with van der Waals surface area (Å²) in [6.45, 7) is 6.77. The zero-order valence-corrected chi connectivity index (χ0v) is 17.0. The van der Waals surface area contributed by atoms with Crippen LogP contribution in [0.4, 0.5) is 4.79 Å². The highest BCUT2D eigenvalue weighted by Gasteiger charge is 2.56. The molecule has 27 heavy (non-hydrogen) atoms. The Hall–Kier alpha value is -0.850. The standard InChI is InChI=1S/C21H38N2O4/c1-2-25-8-9-27-11-10-26-7-5-3-4-6-22-20(24)23-21-14-17-12-18(15-21)19(13-17)16-21/h17-19H,2-16H2,1H3,(H2,22,23,24). The molecule has 6 heteroatoms. The molecule has 4 aliphatic carbocycles. The van der Waals surface area contributed by atoms with Gasteiger partial charge in [0.05, 0.1) is 26.4 Å². The third-order valence-corrected chi connectivity index (χ3v) is 6.50. The lowest BCUT2D eigenvalue weighted by Gasteiger charge is -2.39. The Bertz CT molecular complexity index is 440. The van der Waals surface area contributed by atoms with E-state index in [0.29, 0.717) is 26.4 Å². The fourth-order valence-electron chi connectivity index (χ4n) is 5.54. The van der Waals surface area contributed by atoms with E-state index in [-0.39, 0.29) is 11.6 Å². The number of carbonyl (C=O) groups excluding carboxylic acids is 1. The van der Waals surface area contributed by atoms with Gasteiger partial charge in [0.1, 0.15) is 0 Å². The molecule has 0 aromatic carbocycles. The first-order valence-electron chi connectivity index (χ1n) is 11.0. The molecule has 156 valence electrons. The molecule has 2 atom stereocenters. The number of amides is 2. The lowest BCUT2D eigenvalue weighted by molar-refractivity contribution is 0.0162. The van der Waals surface area contributed by atoms with E-state index >= 15 is 0 Å². The van der Waals surface area contributed by atoms with Gasteiger partial charge in [0.15, 0.2) is 0 Å². The van der Waals surface area contributed by atoms with Gasteiger partial charge >= 0.3 is 6.03 Å². The monoisotopic (exact) mass is 382 g/mol. The molecular formula is C21H38N2O4. The minimum atomic E-state index is 0.0393. The summed E-state index contributed by atoms with van der Waals surface area (Å²) < 4.78 is 16.1. The Kier molecular flexibility index (Phi) is 8.22. The lowest BCUT2D eigenvalue weighted by atomic mass is 9.76. The van der Waals surface area contributed by atoms with E-state index in [1.165, 1.54) is 32.1 Å². The maximum atomic E-state index is 12.2. The Morgan fingerprint density at radius 2 is 1.56 bits per heavy atom. The summed E-state index contributed by atoms with van der Waals surface area (Å²) in [5.41, 5.74) is 0.124. The van der Waals surface area contributed by atoms with E-state index < -0.39 is 0 Å². The topological polar surface area (TPSA) is 68.8 Å². The van der Waals surface area contributed by atoms with Crippen molar-refractivity contribution in [2.45, 2.75) is 63.8 Å². The summed E-state index contributed by atoms with van der Waals surface area (Å²) in [6.07, 6.45) is 9.57. The molecule has 0 heterocycles. The second-order valence-corrected chi connectivity index (χ2v) is 8.61. The molecule has 0 saturated heterocycles. The molecule has 4 fully saturated rings. The molecule has 2 N–H and O–H groups in total. The largest absolute Gasteiger partial charge is 0.379 e. The Balaban J connectivity index is 1.11. The van der Waals surface area contributed by atoms with Crippen LogP contribution in [0.25, 0.3) is 0 Å². The Labute approximate surface area is 164 Å². The van der Waals surface area contributed by atoms with Gasteiger partial charge in [-0.2, -0.15) is 0 Å². The fraction of sp³-hybridized carbons (Fsp3) is 0.952. The molecule has 4 aliphatic rings. The van der Waals surface area contributed by atoms with Crippen LogP contribution in [0.3, 0.4) is 0 Å². The van der Waals surface area contributed by atoms with Crippen molar-refractivity contribution < 1.29 is 19.0 Å². The maximum Gasteiger partial charge on any atom is 0.315 e. The number of urea groups is 1. The van der Waals surface area contributed by atoms with E-state index in [4.69, 9.17) is 14.2 Å². The summed E-state index contributed by atoms with van der Waals surface area (Å²) in [7, 11) is 0. The van der Waals surface area contributed by atoms with E-state index in [0.717, 1.165) is 56.8 Å². The average Bonchev–Trinajstić information content (AvgIpc) is 3.05. The van der Waals surface area contributed by atoms with Gasteiger partial charge < -0.3 is 24.8 Å². The van der Waals surface area contributed by atoms with Crippen molar-refractivity contribution in [3.8, 4) is 0 Å². The first-order chi connectivity index (χ1) is 13.2. The van der Waals surface area contributed by atoms with Gasteiger partial charge in [0.2, 0.25) is 0 Å². The summed E-state index contributed by atoms with van der Waals surface area (Å²) in [5, 5.41) is 6.38. The molecule has 0 aliphatic heterocycles. The van der Waals surface area contributed by atoms with Crippen molar-refractivity contribution >= 4 is 6.03 Å². The average molecular weight is 383 g/mol. The van der Waals surface area contributed by atoms with Gasteiger partial charge in [-0.25, -0.2) is 4.79 Å². The van der Waals surface area contributed by atoms with Crippen LogP contribution in [0.15, 0.2) is 0 Å². The van der Waals surface area contributed by atoms with E-state index in [9.17, 15) is 4.79 Å². The summed E-state index contributed by atoms with van der Waals surface area (Å²) >= 11 is 0. The van der Waals surface area contributed by atoms with Gasteiger partial charge in [0, 0.05) is 25.3 Å². The molecule has 0 aromatic heterocycles. The zero-order chi connectivity index (χ0) is 19.0. The van der Waals surface area contributed by atoms with Crippen LogP contribution in [0.1, 0.15) is 58.3 Å². The Morgan fingerprint density at radius 1 is 0.889 bits per heavy atom. The lowest BCUT2D eigenvalue weighted by Crippen LogP contribution is -2.53. The summed E-state index contributed by atoms with van der Waals surface area (Å²) in [6, 6.07) is 0.0393. The van der Waals surface area contributed by atoms with Crippen LogP contribution in [0.5, 0.6) is 0 Å². The van der Waals surface area contributed by atoms with Crippen LogP contribution >= 0.6 is 0 Å². The molecule has 0 spiro atoms. The van der Waals surface area contributed by atoms with Crippen molar-refractivity contribution in [3.63, 3.8) is 0 Å². The summed E-state index contributed by atoms with van der Waals surface area (Å²) in [4.78, 5) is 12.2. The zero-order valence-electron chi connectivity index (χ0n) is 17.0. The highest BCUT2D eigenvalue weighted by molar-refractivity contribution is 5.74. The van der Waals surface area contributed by atoms with Crippen molar-refractivity contribution in [2.75, 3.05) is 46.2 Å². The maximum absolute atomic E-state index is 12.2. The smallest absolute Gasteiger partial charge is 0.315 e. The highest BCUT2D eigenvalue weighted by atomic mass is 16.5. The number of nitrogens with one attached hydrogen (secondary N) is 2. The number of ether oxygens (including phenoxy) is 3. The summed E-state index contributed by atoms with van der Waals surface area (Å²) in [5.74, 6) is 2.65. The predicted octanol–water partition coefficient (Wildman–Crippen LogP) is 3.10. The normalized spacial score (nSPS) is 30.8. The molecule has 4 rings (SSSR count). The number of unbranched alkanes of at least 4 members (excludes halogenated alkanes) is 2. The van der Waals surface area contributed by atoms with Gasteiger partial charge in [0.25, 0.3) is 0 Å². The molecule has 4 bridgehead atoms. The Morgan fingerprint density at radius 3 is 2.22 bits per heavy atom. The molecule has 2 unspecified atom stereocenters. The molecule has 0 aromatic rings. The van der Waals surface area contributed by atoms with Gasteiger partial charge in [-0.05, 0) is 76.0 Å². The van der Waals surface area contributed by atoms with Crippen LogP contribution in [-0.4, -0.2) is 57.8 Å². The number of carbonyl (C=O) groups is 1. The molecule has 2 amide bonds. The number of hydrogen-bond donors (Lipinski definition) is 2. The fourth-order valence-corrected chi connectivity index (χ4v) is 5.54. The first-order valence-corrected chi connectivity index (χ1v) is 11.0. The number of rotatable bonds is 14. The minimum absolute atomic E-state index is 0.0393. The van der Waals surface area contributed by atoms with Crippen LogP contribution in [0.2, 0.25) is 0 Å². The first kappa shape index (κ1) is 20.9. The SMILES string of the molecule is CCOCCOCCOCCCCCNC(=O)NC12CC3CC(C1)C(C3)C2. The van der Waals surface area contributed by atoms with Crippen molar-refractivity contribution in [3.05, 3.63) is 0 Å². The van der Waals surface area contributed by atoms with Crippen LogP contribution in [0, 0.1) is 17.8 Å². The van der Waals surface area contributed by atoms with Crippen LogP contribution < -0.4 is 10.6 Å². The third-order valence-electron chi connectivity index (χ3n) is 6.50. The van der Waals surface area contributed by atoms with Crippen LogP contribution in [-0.2, 0) is 14.2 Å². The molecule has 0 radical (unpaired) electrons. The number of hydrogen-bond acceptors (Lipinski definition) is 4. The van der Waals surface area contributed by atoms with Gasteiger partial charge in [-0.1, -0.05) is 0 Å². The van der Waals surface area contributed by atoms with E-state index in [2.05, 4.69) is 10.6 Å². The highest BCUT2D eigenvalue weighted by Crippen LogP contribution is 2.59. The third kappa shape index (κ3) is 6.33. The van der Waals surface area contributed by atoms with E-state index in [1.54, 1.807) is 0 Å². The van der Waals surface area contributed by atoms with E-state index in [1.807, 2.05) is 6.92 Å². The molecule has 4 saturated carbocycles. The minimum Gasteiger partial charge on any atom is -0.379 e. The molecular weight excluding hydrogens is 344 g/mol. The van der Waals surface area contributed by atoms with Gasteiger partial charge in [-0.15, -0.1) is 0 Å². The van der Waals surface area contributed by atoms with Crippen molar-refractivity contribution in [2.24, 2.45) is 17.8 Å². The second kappa shape index (κ2) is 10.6. The van der Waals surface area contributed by atoms with Gasteiger partial charge in [-0.3, -0.25) is 0 Å². The van der Waals surface area contributed by atoms with Crippen molar-refractivity contribution in [1.82, 2.24) is 10.6 Å². The predicted molar refractivity (Wildman–Crippen MR) is 105 cm³/mol. The quantitative estimate of drug-likeness (QED) is 0.453.